The number of aryl methyl sites for hydroxylation is 2. The van der Waals surface area contributed by atoms with Gasteiger partial charge >= 0.3 is 11.8 Å². The van der Waals surface area contributed by atoms with Gasteiger partial charge in [0.15, 0.2) is 0 Å². The monoisotopic (exact) mass is 325 g/mol. The minimum absolute atomic E-state index is 0.595. The Hall–Kier alpha value is -3.15. The molecule has 124 valence electrons. The molecule has 0 atom stereocenters. The van der Waals surface area contributed by atoms with Crippen LogP contribution in [-0.4, -0.2) is 25.1 Å². The summed E-state index contributed by atoms with van der Waals surface area (Å²) in [5.74, 6) is -0.934. The molecule has 0 spiro atoms. The maximum atomic E-state index is 11.9. The number of nitrogens with one attached hydrogen (secondary N) is 2. The van der Waals surface area contributed by atoms with E-state index in [2.05, 4.69) is 15.8 Å². The average Bonchev–Trinajstić information content (AvgIpc) is 2.57. The largest absolute Gasteiger partial charge is 0.497 e. The van der Waals surface area contributed by atoms with Crippen molar-refractivity contribution in [3.63, 3.8) is 0 Å². The van der Waals surface area contributed by atoms with Gasteiger partial charge in [-0.15, -0.1) is 0 Å². The molecule has 2 rings (SSSR count). The molecule has 0 fully saturated rings. The van der Waals surface area contributed by atoms with E-state index < -0.39 is 11.8 Å². The van der Waals surface area contributed by atoms with Crippen molar-refractivity contribution in [2.75, 3.05) is 12.4 Å². The van der Waals surface area contributed by atoms with Crippen LogP contribution >= 0.6 is 0 Å². The fraction of sp³-hybridized carbons (Fsp3) is 0.167. The molecule has 0 aliphatic heterocycles. The quantitative estimate of drug-likeness (QED) is 0.515. The Kier molecular flexibility index (Phi) is 5.68. The molecule has 6 nitrogen and oxygen atoms in total. The summed E-state index contributed by atoms with van der Waals surface area (Å²) in [6.07, 6.45) is 1.44. The summed E-state index contributed by atoms with van der Waals surface area (Å²) in [5.41, 5.74) is 5.50. The molecule has 24 heavy (non-hydrogen) atoms. The summed E-state index contributed by atoms with van der Waals surface area (Å²) in [4.78, 5) is 23.7. The maximum Gasteiger partial charge on any atom is 0.329 e. The molecule has 0 bridgehead atoms. The third-order valence-corrected chi connectivity index (χ3v) is 3.31. The van der Waals surface area contributed by atoms with Crippen molar-refractivity contribution in [1.29, 1.82) is 0 Å². The van der Waals surface area contributed by atoms with Crippen molar-refractivity contribution in [3.05, 3.63) is 59.2 Å². The minimum Gasteiger partial charge on any atom is -0.497 e. The van der Waals surface area contributed by atoms with Crippen LogP contribution in [0.15, 0.2) is 47.6 Å². The van der Waals surface area contributed by atoms with Crippen molar-refractivity contribution in [3.8, 4) is 5.75 Å². The minimum atomic E-state index is -0.839. The first kappa shape index (κ1) is 17.2. The zero-order valence-corrected chi connectivity index (χ0v) is 13.8. The van der Waals surface area contributed by atoms with Crippen LogP contribution in [0.2, 0.25) is 0 Å². The molecule has 0 radical (unpaired) electrons. The van der Waals surface area contributed by atoms with Gasteiger partial charge in [-0.2, -0.15) is 5.10 Å². The molecular weight excluding hydrogens is 306 g/mol. The van der Waals surface area contributed by atoms with Gasteiger partial charge in [-0.05, 0) is 43.2 Å². The Morgan fingerprint density at radius 2 is 1.88 bits per heavy atom. The van der Waals surface area contributed by atoms with E-state index in [0.29, 0.717) is 11.4 Å². The second-order valence-corrected chi connectivity index (χ2v) is 5.25. The van der Waals surface area contributed by atoms with E-state index in [4.69, 9.17) is 4.74 Å². The number of hydrogen-bond acceptors (Lipinski definition) is 4. The molecule has 0 aliphatic rings. The van der Waals surface area contributed by atoms with Gasteiger partial charge in [0.2, 0.25) is 0 Å². The number of ether oxygens (including phenoxy) is 1. The molecule has 0 heterocycles. The number of hydrazone groups is 1. The lowest BCUT2D eigenvalue weighted by Gasteiger charge is -2.08. The highest BCUT2D eigenvalue weighted by atomic mass is 16.5. The third-order valence-electron chi connectivity index (χ3n) is 3.31. The zero-order valence-electron chi connectivity index (χ0n) is 13.8. The van der Waals surface area contributed by atoms with Gasteiger partial charge in [0.05, 0.1) is 13.3 Å². The molecule has 2 N–H and O–H groups in total. The Labute approximate surface area is 140 Å². The topological polar surface area (TPSA) is 79.8 Å². The Morgan fingerprint density at radius 3 is 2.58 bits per heavy atom. The number of rotatable bonds is 4. The summed E-state index contributed by atoms with van der Waals surface area (Å²) < 4.78 is 5.09. The van der Waals surface area contributed by atoms with Crippen molar-refractivity contribution >= 4 is 23.7 Å². The van der Waals surface area contributed by atoms with Crippen LogP contribution in [0.5, 0.6) is 5.75 Å². The van der Waals surface area contributed by atoms with Crippen LogP contribution in [0.25, 0.3) is 0 Å². The van der Waals surface area contributed by atoms with Crippen LogP contribution in [-0.2, 0) is 9.59 Å². The number of carbonyl (C=O) groups excluding carboxylic acids is 2. The zero-order chi connectivity index (χ0) is 17.5. The number of methoxy groups -OCH3 is 1. The number of benzene rings is 2. The summed E-state index contributed by atoms with van der Waals surface area (Å²) in [5, 5.41) is 6.33. The number of carbonyl (C=O) groups is 2. The summed E-state index contributed by atoms with van der Waals surface area (Å²) in [7, 11) is 1.56. The van der Waals surface area contributed by atoms with Gasteiger partial charge in [-0.1, -0.05) is 29.8 Å². The summed E-state index contributed by atoms with van der Waals surface area (Å²) in [6.45, 7) is 3.82. The summed E-state index contributed by atoms with van der Waals surface area (Å²) in [6, 6.07) is 12.7. The Bertz CT molecular complexity index is 785. The highest BCUT2D eigenvalue weighted by Crippen LogP contribution is 2.15. The van der Waals surface area contributed by atoms with Gasteiger partial charge < -0.3 is 10.1 Å². The molecule has 6 heteroatoms. The van der Waals surface area contributed by atoms with Crippen LogP contribution in [0.3, 0.4) is 0 Å². The van der Waals surface area contributed by atoms with E-state index >= 15 is 0 Å². The number of amides is 2. The van der Waals surface area contributed by atoms with Crippen LogP contribution in [0.1, 0.15) is 16.7 Å². The first-order valence-corrected chi connectivity index (χ1v) is 7.35. The molecule has 2 aromatic carbocycles. The molecular formula is C18H19N3O3. The fourth-order valence-electron chi connectivity index (χ4n) is 2.07. The van der Waals surface area contributed by atoms with Crippen molar-refractivity contribution in [1.82, 2.24) is 5.43 Å². The number of hydrogen-bond donors (Lipinski definition) is 2. The lowest BCUT2D eigenvalue weighted by Crippen LogP contribution is -2.32. The maximum absolute atomic E-state index is 11.9. The molecule has 0 saturated heterocycles. The first-order valence-electron chi connectivity index (χ1n) is 7.35. The molecule has 0 saturated carbocycles. The third kappa shape index (κ3) is 4.67. The van der Waals surface area contributed by atoms with E-state index in [1.165, 1.54) is 6.21 Å². The lowest BCUT2D eigenvalue weighted by molar-refractivity contribution is -0.136. The van der Waals surface area contributed by atoms with E-state index in [0.717, 1.165) is 16.7 Å². The van der Waals surface area contributed by atoms with Gasteiger partial charge in [-0.25, -0.2) is 5.43 Å². The standard InChI is InChI=1S/C18H19N3O3/c1-12-7-8-16(13(2)9-12)20-17(22)18(23)21-19-11-14-5-4-6-15(10-14)24-3/h4-11H,1-3H3,(H,20,22)(H,21,23). The molecule has 0 aliphatic carbocycles. The highest BCUT2D eigenvalue weighted by Gasteiger charge is 2.13. The van der Waals surface area contributed by atoms with Crippen LogP contribution in [0.4, 0.5) is 5.69 Å². The van der Waals surface area contributed by atoms with E-state index in [1.807, 2.05) is 26.0 Å². The van der Waals surface area contributed by atoms with Gasteiger partial charge in [0.25, 0.3) is 0 Å². The van der Waals surface area contributed by atoms with Crippen molar-refractivity contribution < 1.29 is 14.3 Å². The normalized spacial score (nSPS) is 10.5. The highest BCUT2D eigenvalue weighted by molar-refractivity contribution is 6.39. The molecule has 2 aromatic rings. The van der Waals surface area contributed by atoms with Gasteiger partial charge in [0.1, 0.15) is 5.75 Å². The second kappa shape index (κ2) is 7.92. The average molecular weight is 325 g/mol. The Balaban J connectivity index is 1.93. The second-order valence-electron chi connectivity index (χ2n) is 5.25. The smallest absolute Gasteiger partial charge is 0.329 e. The first-order chi connectivity index (χ1) is 11.5. The van der Waals surface area contributed by atoms with Crippen molar-refractivity contribution in [2.24, 2.45) is 5.10 Å². The predicted octanol–water partition coefficient (Wildman–Crippen LogP) is 2.40. The molecule has 0 aromatic heterocycles. The summed E-state index contributed by atoms with van der Waals surface area (Å²) >= 11 is 0. The van der Waals surface area contributed by atoms with E-state index in [-0.39, 0.29) is 0 Å². The Morgan fingerprint density at radius 1 is 1.08 bits per heavy atom. The van der Waals surface area contributed by atoms with E-state index in [9.17, 15) is 9.59 Å². The molecule has 0 unspecified atom stereocenters. The SMILES string of the molecule is COc1cccc(C=NNC(=O)C(=O)Nc2ccc(C)cc2C)c1. The van der Waals surface area contributed by atoms with Crippen LogP contribution in [0, 0.1) is 13.8 Å². The number of anilines is 1. The van der Waals surface area contributed by atoms with Gasteiger partial charge in [0, 0.05) is 5.69 Å². The van der Waals surface area contributed by atoms with Crippen molar-refractivity contribution in [2.45, 2.75) is 13.8 Å². The van der Waals surface area contributed by atoms with Gasteiger partial charge in [-0.3, -0.25) is 9.59 Å². The van der Waals surface area contributed by atoms with Crippen LogP contribution < -0.4 is 15.5 Å². The van der Waals surface area contributed by atoms with E-state index in [1.54, 1.807) is 37.4 Å². The fourth-order valence-corrected chi connectivity index (χ4v) is 2.07. The predicted molar refractivity (Wildman–Crippen MR) is 93.3 cm³/mol. The molecule has 2 amide bonds. The number of nitrogens with zero attached hydrogens (tertiary/aromatic N) is 1. The lowest BCUT2D eigenvalue weighted by atomic mass is 10.1.